The molecule has 0 N–H and O–H groups in total. The van der Waals surface area contributed by atoms with Crippen LogP contribution in [0.4, 0.5) is 0 Å². The topological polar surface area (TPSA) is 18.5 Å². The van der Waals surface area contributed by atoms with E-state index >= 15 is 0 Å². The molecule has 2 nitrogen and oxygen atoms in total. The van der Waals surface area contributed by atoms with Crippen LogP contribution in [0, 0.1) is 11.2 Å². The highest BCUT2D eigenvalue weighted by Crippen LogP contribution is 2.23. The van der Waals surface area contributed by atoms with E-state index in [1.54, 1.807) is 14.2 Å². The van der Waals surface area contributed by atoms with E-state index in [0.29, 0.717) is 0 Å². The molecule has 0 saturated carbocycles. The highest BCUT2D eigenvalue weighted by Gasteiger charge is 2.01. The van der Waals surface area contributed by atoms with Gasteiger partial charge >= 0.3 is 0 Å². The van der Waals surface area contributed by atoms with Crippen LogP contribution < -0.4 is 9.47 Å². The first kappa shape index (κ1) is 13.4. The van der Waals surface area contributed by atoms with E-state index in [4.69, 9.17) is 9.47 Å². The fourth-order valence-electron chi connectivity index (χ4n) is 1.54. The van der Waals surface area contributed by atoms with Crippen LogP contribution in [0.1, 0.15) is 5.56 Å². The van der Waals surface area contributed by atoms with Crippen LogP contribution in [0.2, 0.25) is 0 Å². The number of hydrogen-bond donors (Lipinski definition) is 0. The van der Waals surface area contributed by atoms with Gasteiger partial charge in [-0.1, -0.05) is 24.1 Å². The van der Waals surface area contributed by atoms with Gasteiger partial charge in [0.05, 0.1) is 19.8 Å². The molecular formula is C16H14O2S. The van der Waals surface area contributed by atoms with Crippen molar-refractivity contribution in [1.82, 2.24) is 0 Å². The van der Waals surface area contributed by atoms with Crippen LogP contribution >= 0.6 is 11.8 Å². The molecule has 0 aliphatic carbocycles. The van der Waals surface area contributed by atoms with Gasteiger partial charge in [0.1, 0.15) is 11.5 Å². The molecule has 19 heavy (non-hydrogen) atoms. The molecule has 2 rings (SSSR count). The van der Waals surface area contributed by atoms with Crippen LogP contribution in [0.5, 0.6) is 11.5 Å². The molecule has 0 spiro atoms. The molecule has 96 valence electrons. The van der Waals surface area contributed by atoms with E-state index < -0.39 is 0 Å². The predicted molar refractivity (Wildman–Crippen MR) is 78.7 cm³/mol. The third-order valence-corrected chi connectivity index (χ3v) is 3.22. The third kappa shape index (κ3) is 3.70. The third-order valence-electron chi connectivity index (χ3n) is 2.50. The summed E-state index contributed by atoms with van der Waals surface area (Å²) in [5.74, 6) is 4.62. The Bertz CT molecular complexity index is 597. The van der Waals surface area contributed by atoms with Gasteiger partial charge in [-0.05, 0) is 47.3 Å². The molecular weight excluding hydrogens is 256 g/mol. The van der Waals surface area contributed by atoms with Gasteiger partial charge in [0.25, 0.3) is 0 Å². The van der Waals surface area contributed by atoms with E-state index in [-0.39, 0.29) is 0 Å². The quantitative estimate of drug-likeness (QED) is 0.624. The number of methoxy groups -OCH3 is 2. The molecule has 2 aromatic rings. The second-order valence-electron chi connectivity index (χ2n) is 3.71. The summed E-state index contributed by atoms with van der Waals surface area (Å²) >= 11 is 1.49. The lowest BCUT2D eigenvalue weighted by Crippen LogP contribution is -1.89. The molecule has 0 radical (unpaired) electrons. The van der Waals surface area contributed by atoms with E-state index in [1.165, 1.54) is 11.8 Å². The van der Waals surface area contributed by atoms with Crippen LogP contribution in [-0.2, 0) is 0 Å². The highest BCUT2D eigenvalue weighted by molar-refractivity contribution is 8.03. The lowest BCUT2D eigenvalue weighted by molar-refractivity contribution is 0.402. The van der Waals surface area contributed by atoms with E-state index in [0.717, 1.165) is 22.0 Å². The summed E-state index contributed by atoms with van der Waals surface area (Å²) in [6.45, 7) is 0. The number of hydrogen-bond acceptors (Lipinski definition) is 3. The highest BCUT2D eigenvalue weighted by atomic mass is 32.2. The van der Waals surface area contributed by atoms with Gasteiger partial charge in [0.2, 0.25) is 0 Å². The minimum absolute atomic E-state index is 0.752. The maximum atomic E-state index is 5.28. The first-order chi connectivity index (χ1) is 9.33. The lowest BCUT2D eigenvalue weighted by Gasteiger charge is -2.05. The number of thioether (sulfide) groups is 1. The molecule has 0 heterocycles. The summed E-state index contributed by atoms with van der Waals surface area (Å²) in [4.78, 5) is 1.12. The van der Waals surface area contributed by atoms with E-state index in [2.05, 4.69) is 11.2 Å². The Kier molecular flexibility index (Phi) is 4.77. The van der Waals surface area contributed by atoms with Gasteiger partial charge in [-0.15, -0.1) is 0 Å². The molecule has 2 aromatic carbocycles. The normalized spacial score (nSPS) is 9.37. The summed E-state index contributed by atoms with van der Waals surface area (Å²) in [5, 5.41) is 3.08. The smallest absolute Gasteiger partial charge is 0.134 e. The van der Waals surface area contributed by atoms with Gasteiger partial charge in [0, 0.05) is 4.90 Å². The van der Waals surface area contributed by atoms with Crippen molar-refractivity contribution < 1.29 is 9.47 Å². The molecule has 0 unspecified atom stereocenters. The standard InChI is InChI=1S/C16H14O2S/c1-17-14-8-9-16(18-2)13(12-14)10-11-19-15-6-4-3-5-7-15/h3-9,12H,1-2H3. The van der Waals surface area contributed by atoms with Gasteiger partial charge < -0.3 is 9.47 Å². The number of ether oxygens (including phenoxy) is 2. The maximum absolute atomic E-state index is 5.28. The van der Waals surface area contributed by atoms with E-state index in [1.807, 2.05) is 48.5 Å². The summed E-state index contributed by atoms with van der Waals surface area (Å²) in [5.41, 5.74) is 0.824. The molecule has 0 atom stereocenters. The first-order valence-electron chi connectivity index (χ1n) is 5.78. The largest absolute Gasteiger partial charge is 0.497 e. The molecule has 0 bridgehead atoms. The molecule has 0 aromatic heterocycles. The van der Waals surface area contributed by atoms with Crippen molar-refractivity contribution in [2.45, 2.75) is 4.90 Å². The van der Waals surface area contributed by atoms with E-state index in [9.17, 15) is 0 Å². The van der Waals surface area contributed by atoms with Gasteiger partial charge in [-0.25, -0.2) is 0 Å². The maximum Gasteiger partial charge on any atom is 0.134 e. The molecule has 0 aliphatic rings. The molecule has 0 saturated heterocycles. The monoisotopic (exact) mass is 270 g/mol. The number of benzene rings is 2. The number of rotatable bonds is 3. The van der Waals surface area contributed by atoms with Crippen molar-refractivity contribution in [2.24, 2.45) is 0 Å². The van der Waals surface area contributed by atoms with Crippen molar-refractivity contribution in [3.63, 3.8) is 0 Å². The second kappa shape index (κ2) is 6.77. The summed E-state index contributed by atoms with van der Waals surface area (Å²) in [6.07, 6.45) is 0. The molecule has 0 amide bonds. The fraction of sp³-hybridized carbons (Fsp3) is 0.125. The Morgan fingerprint density at radius 1 is 0.947 bits per heavy atom. The van der Waals surface area contributed by atoms with Crippen molar-refractivity contribution in [2.75, 3.05) is 14.2 Å². The summed E-state index contributed by atoms with van der Waals surface area (Å²) in [6, 6.07) is 15.6. The summed E-state index contributed by atoms with van der Waals surface area (Å²) in [7, 11) is 3.27. The Labute approximate surface area is 117 Å². The van der Waals surface area contributed by atoms with Crippen LogP contribution in [0.3, 0.4) is 0 Å². The Balaban J connectivity index is 2.18. The minimum Gasteiger partial charge on any atom is -0.497 e. The first-order valence-corrected chi connectivity index (χ1v) is 6.60. The van der Waals surface area contributed by atoms with Crippen molar-refractivity contribution in [3.05, 3.63) is 54.1 Å². The molecule has 0 fully saturated rings. The van der Waals surface area contributed by atoms with Crippen LogP contribution in [-0.4, -0.2) is 14.2 Å². The van der Waals surface area contributed by atoms with Crippen LogP contribution in [0.25, 0.3) is 0 Å². The van der Waals surface area contributed by atoms with Gasteiger partial charge in [-0.3, -0.25) is 0 Å². The zero-order chi connectivity index (χ0) is 13.5. The fourth-order valence-corrected chi connectivity index (χ4v) is 2.11. The minimum atomic E-state index is 0.752. The Morgan fingerprint density at radius 3 is 2.42 bits per heavy atom. The average molecular weight is 270 g/mol. The Morgan fingerprint density at radius 2 is 1.74 bits per heavy atom. The second-order valence-corrected chi connectivity index (χ2v) is 4.59. The van der Waals surface area contributed by atoms with Crippen molar-refractivity contribution in [1.29, 1.82) is 0 Å². The zero-order valence-corrected chi connectivity index (χ0v) is 11.7. The summed E-state index contributed by atoms with van der Waals surface area (Å²) < 4.78 is 10.5. The van der Waals surface area contributed by atoms with Crippen LogP contribution in [0.15, 0.2) is 53.4 Å². The average Bonchev–Trinajstić information content (AvgIpc) is 2.48. The zero-order valence-electron chi connectivity index (χ0n) is 10.8. The molecule has 0 aliphatic heterocycles. The van der Waals surface area contributed by atoms with Crippen molar-refractivity contribution >= 4 is 11.8 Å². The predicted octanol–water partition coefficient (Wildman–Crippen LogP) is 3.81. The van der Waals surface area contributed by atoms with Gasteiger partial charge in [0.15, 0.2) is 0 Å². The molecule has 3 heteroatoms. The van der Waals surface area contributed by atoms with Gasteiger partial charge in [-0.2, -0.15) is 0 Å². The SMILES string of the molecule is COc1ccc(OC)c(C#CSc2ccccc2)c1. The lowest BCUT2D eigenvalue weighted by atomic mass is 10.2. The Hall–Kier alpha value is -2.05. The van der Waals surface area contributed by atoms with Crippen molar-refractivity contribution in [3.8, 4) is 22.7 Å².